The van der Waals surface area contributed by atoms with Gasteiger partial charge in [-0.25, -0.2) is 4.99 Å². The van der Waals surface area contributed by atoms with Crippen molar-refractivity contribution in [3.63, 3.8) is 0 Å². The smallest absolute Gasteiger partial charge is 0.455 e. The molecule has 1 fully saturated rings. The minimum absolute atomic E-state index is 0.204. The first kappa shape index (κ1) is 15.3. The molecule has 3 nitrogen and oxygen atoms in total. The van der Waals surface area contributed by atoms with Crippen LogP contribution < -0.4 is 5.32 Å². The minimum atomic E-state index is -5.58. The molecule has 1 saturated carbocycles. The summed E-state index contributed by atoms with van der Waals surface area (Å²) in [6, 6.07) is -2.22. The molecule has 1 unspecified atom stereocenters. The summed E-state index contributed by atoms with van der Waals surface area (Å²) in [7, 11) is 0. The second-order valence-corrected chi connectivity index (χ2v) is 5.18. The van der Waals surface area contributed by atoms with Crippen molar-refractivity contribution in [2.75, 3.05) is 13.2 Å². The zero-order valence-corrected chi connectivity index (χ0v) is 10.8. The Labute approximate surface area is 113 Å². The van der Waals surface area contributed by atoms with Crippen molar-refractivity contribution in [1.82, 2.24) is 5.32 Å². The van der Waals surface area contributed by atoms with Crippen LogP contribution in [-0.4, -0.2) is 37.3 Å². The van der Waals surface area contributed by atoms with Crippen molar-refractivity contribution in [3.05, 3.63) is 0 Å². The molecule has 1 aliphatic carbocycles. The molecule has 0 saturated heterocycles. The van der Waals surface area contributed by atoms with Gasteiger partial charge >= 0.3 is 12.1 Å². The number of nitrogens with one attached hydrogen (secondary N) is 1. The first-order valence-corrected chi connectivity index (χ1v) is 6.70. The highest BCUT2D eigenvalue weighted by molar-refractivity contribution is 5.75. The number of amidine groups is 1. The van der Waals surface area contributed by atoms with Crippen molar-refractivity contribution >= 4 is 6.02 Å². The molecule has 1 aliphatic heterocycles. The Kier molecular flexibility index (Phi) is 4.39. The lowest BCUT2D eigenvalue weighted by Crippen LogP contribution is -2.59. The summed E-state index contributed by atoms with van der Waals surface area (Å²) in [6.45, 7) is 0.481. The first-order valence-electron chi connectivity index (χ1n) is 6.70. The van der Waals surface area contributed by atoms with Crippen molar-refractivity contribution in [2.24, 2.45) is 10.9 Å². The van der Waals surface area contributed by atoms with E-state index in [0.717, 1.165) is 6.42 Å². The molecular weight excluding hydrogens is 283 g/mol. The zero-order valence-electron chi connectivity index (χ0n) is 10.8. The fraction of sp³-hybridized carbons (Fsp3) is 0.917. The van der Waals surface area contributed by atoms with Gasteiger partial charge in [0, 0.05) is 0 Å². The van der Waals surface area contributed by atoms with Gasteiger partial charge in [-0.05, 0) is 18.8 Å². The lowest BCUT2D eigenvalue weighted by Gasteiger charge is -2.36. The predicted molar refractivity (Wildman–Crippen MR) is 62.8 cm³/mol. The molecule has 0 bridgehead atoms. The molecule has 0 radical (unpaired) electrons. The third kappa shape index (κ3) is 3.15. The Hall–Kier alpha value is -1.08. The van der Waals surface area contributed by atoms with Crippen molar-refractivity contribution in [2.45, 2.75) is 50.2 Å². The van der Waals surface area contributed by atoms with E-state index in [0.29, 0.717) is 25.7 Å². The van der Waals surface area contributed by atoms with Crippen LogP contribution in [0.2, 0.25) is 0 Å². The highest BCUT2D eigenvalue weighted by Gasteiger charge is 2.64. The number of ether oxygens (including phenoxy) is 1. The number of halogens is 5. The van der Waals surface area contributed by atoms with Gasteiger partial charge in [-0.3, -0.25) is 0 Å². The van der Waals surface area contributed by atoms with Crippen molar-refractivity contribution in [3.8, 4) is 0 Å². The second kappa shape index (κ2) is 5.73. The highest BCUT2D eigenvalue weighted by atomic mass is 19.4. The summed E-state index contributed by atoms with van der Waals surface area (Å²) in [5, 5.41) is 2.19. The monoisotopic (exact) mass is 300 g/mol. The molecule has 0 spiro atoms. The fourth-order valence-corrected chi connectivity index (χ4v) is 2.70. The molecule has 2 aliphatic rings. The fourth-order valence-electron chi connectivity index (χ4n) is 2.70. The molecular formula is C12H17F5N2O. The quantitative estimate of drug-likeness (QED) is 0.813. The van der Waals surface area contributed by atoms with Crippen LogP contribution in [0.1, 0.15) is 32.1 Å². The normalized spacial score (nSPS) is 23.1. The average Bonchev–Trinajstić information content (AvgIpc) is 2.88. The first-order chi connectivity index (χ1) is 9.32. The predicted octanol–water partition coefficient (Wildman–Crippen LogP) is 3.11. The maximum absolute atomic E-state index is 13.7. The minimum Gasteiger partial charge on any atom is -0.463 e. The summed E-state index contributed by atoms with van der Waals surface area (Å²) in [5.41, 5.74) is 0. The van der Waals surface area contributed by atoms with E-state index in [-0.39, 0.29) is 19.2 Å². The Bertz CT molecular complexity index is 363. The molecule has 0 aromatic heterocycles. The second-order valence-electron chi connectivity index (χ2n) is 5.18. The van der Waals surface area contributed by atoms with Crippen molar-refractivity contribution in [1.29, 1.82) is 0 Å². The molecule has 20 heavy (non-hydrogen) atoms. The number of alkyl halides is 5. The van der Waals surface area contributed by atoms with Crippen LogP contribution in [0.3, 0.4) is 0 Å². The van der Waals surface area contributed by atoms with E-state index in [2.05, 4.69) is 10.3 Å². The molecule has 8 heteroatoms. The molecule has 2 rings (SSSR count). The van der Waals surface area contributed by atoms with Crippen LogP contribution in [-0.2, 0) is 4.74 Å². The topological polar surface area (TPSA) is 33.6 Å². The van der Waals surface area contributed by atoms with E-state index in [1.54, 1.807) is 0 Å². The van der Waals surface area contributed by atoms with Gasteiger partial charge < -0.3 is 10.1 Å². The van der Waals surface area contributed by atoms with Gasteiger partial charge in [0.15, 0.2) is 0 Å². The molecule has 0 aromatic rings. The van der Waals surface area contributed by atoms with E-state index in [4.69, 9.17) is 4.74 Å². The SMILES string of the molecule is FC(F)(F)C(F)(F)C(NC1=NCCO1)C1CCCCC1. The van der Waals surface area contributed by atoms with Crippen LogP contribution in [0, 0.1) is 5.92 Å². The largest absolute Gasteiger partial charge is 0.463 e. The summed E-state index contributed by atoms with van der Waals surface area (Å²) in [6.07, 6.45) is -2.65. The molecule has 1 heterocycles. The number of rotatable bonds is 3. The van der Waals surface area contributed by atoms with Gasteiger partial charge in [0.25, 0.3) is 6.02 Å². The summed E-state index contributed by atoms with van der Waals surface area (Å²) >= 11 is 0. The average molecular weight is 300 g/mol. The Balaban J connectivity index is 2.18. The van der Waals surface area contributed by atoms with E-state index in [1.807, 2.05) is 0 Å². The number of hydrogen-bond donors (Lipinski definition) is 1. The van der Waals surface area contributed by atoms with Crippen LogP contribution in [0.15, 0.2) is 4.99 Å². The Morgan fingerprint density at radius 2 is 1.75 bits per heavy atom. The molecule has 0 aromatic carbocycles. The zero-order chi connectivity index (χ0) is 14.8. The van der Waals surface area contributed by atoms with Crippen LogP contribution in [0.4, 0.5) is 22.0 Å². The maximum Gasteiger partial charge on any atom is 0.455 e. The Morgan fingerprint density at radius 3 is 2.25 bits per heavy atom. The van der Waals surface area contributed by atoms with Crippen molar-refractivity contribution < 1.29 is 26.7 Å². The highest BCUT2D eigenvalue weighted by Crippen LogP contribution is 2.43. The van der Waals surface area contributed by atoms with E-state index in [1.165, 1.54) is 0 Å². The number of nitrogens with zero attached hydrogens (tertiary/aromatic N) is 1. The van der Waals surface area contributed by atoms with Gasteiger partial charge in [0.1, 0.15) is 12.6 Å². The standard InChI is InChI=1S/C12H17F5N2O/c13-11(14,12(15,16)17)9(8-4-2-1-3-5-8)19-10-18-6-7-20-10/h8-9H,1-7H2,(H,18,19). The van der Waals surface area contributed by atoms with Crippen LogP contribution in [0.25, 0.3) is 0 Å². The van der Waals surface area contributed by atoms with Gasteiger partial charge in [-0.15, -0.1) is 0 Å². The molecule has 0 amide bonds. The third-order valence-electron chi connectivity index (χ3n) is 3.75. The number of hydrogen-bond acceptors (Lipinski definition) is 3. The Morgan fingerprint density at radius 1 is 1.10 bits per heavy atom. The lowest BCUT2D eigenvalue weighted by atomic mass is 9.81. The van der Waals surface area contributed by atoms with Gasteiger partial charge in [0.2, 0.25) is 0 Å². The summed E-state index contributed by atoms with van der Waals surface area (Å²) in [5.74, 6) is -5.53. The third-order valence-corrected chi connectivity index (χ3v) is 3.75. The lowest BCUT2D eigenvalue weighted by molar-refractivity contribution is -0.297. The number of aliphatic imine (C=N–C) groups is 1. The summed E-state index contributed by atoms with van der Waals surface area (Å²) < 4.78 is 70.3. The van der Waals surface area contributed by atoms with Crippen LogP contribution >= 0.6 is 0 Å². The maximum atomic E-state index is 13.7. The van der Waals surface area contributed by atoms with Crippen LogP contribution in [0.5, 0.6) is 0 Å². The van der Waals surface area contributed by atoms with E-state index in [9.17, 15) is 22.0 Å². The van der Waals surface area contributed by atoms with E-state index >= 15 is 0 Å². The van der Waals surface area contributed by atoms with Gasteiger partial charge in [-0.1, -0.05) is 19.3 Å². The molecule has 1 N–H and O–H groups in total. The van der Waals surface area contributed by atoms with Gasteiger partial charge in [0.05, 0.1) is 6.54 Å². The van der Waals surface area contributed by atoms with Gasteiger partial charge in [-0.2, -0.15) is 22.0 Å². The van der Waals surface area contributed by atoms with E-state index < -0.39 is 24.1 Å². The summed E-state index contributed by atoms with van der Waals surface area (Å²) in [4.78, 5) is 3.75. The molecule has 1 atom stereocenters. The molecule has 116 valence electrons.